The average Bonchev–Trinajstić information content (AvgIpc) is 3.08. The molecule has 0 saturated heterocycles. The first kappa shape index (κ1) is 42.5. The fraction of sp³-hybridized carbons (Fsp3) is 0.457. The molecule has 0 aliphatic heterocycles. The average molecular weight is 725 g/mol. The van der Waals surface area contributed by atoms with Crippen molar-refractivity contribution in [2.45, 2.75) is 83.1 Å². The Morgan fingerprint density at radius 2 is 1.31 bits per heavy atom. The lowest BCUT2D eigenvalue weighted by molar-refractivity contribution is -0.134. The number of benzene rings is 2. The molecule has 0 saturated carbocycles. The number of nitrogens with one attached hydrogen (secondary N) is 5. The topological polar surface area (TPSA) is 299 Å². The third-order valence-electron chi connectivity index (χ3n) is 7.78. The lowest BCUT2D eigenvalue weighted by Gasteiger charge is -2.26. The number of guanidine groups is 1. The number of primary amides is 1. The lowest BCUT2D eigenvalue weighted by atomic mass is 10.0. The molecular formula is C35H52N10O7. The van der Waals surface area contributed by atoms with E-state index in [9.17, 15) is 33.9 Å². The zero-order chi connectivity index (χ0) is 38.8. The lowest BCUT2D eigenvalue weighted by Crippen LogP contribution is -2.58. The summed E-state index contributed by atoms with van der Waals surface area (Å²) in [5, 5.41) is 22.3. The molecule has 0 heterocycles. The van der Waals surface area contributed by atoms with Crippen LogP contribution in [0.25, 0.3) is 0 Å². The largest absolute Gasteiger partial charge is 0.508 e. The molecule has 6 amide bonds. The maximum absolute atomic E-state index is 13.7. The van der Waals surface area contributed by atoms with Gasteiger partial charge in [-0.05, 0) is 61.8 Å². The number of aromatic hydroxyl groups is 1. The zero-order valence-corrected chi connectivity index (χ0v) is 29.8. The molecule has 0 aliphatic rings. The van der Waals surface area contributed by atoms with E-state index in [1.165, 1.54) is 19.1 Å². The molecule has 52 heavy (non-hydrogen) atoms. The molecule has 0 fully saturated rings. The number of hydrogen-bond acceptors (Lipinski definition) is 9. The minimum absolute atomic E-state index is 0.0489. The molecule has 0 aliphatic carbocycles. The first-order valence-corrected chi connectivity index (χ1v) is 17.0. The Morgan fingerprint density at radius 3 is 1.90 bits per heavy atom. The Kier molecular flexibility index (Phi) is 17.5. The second kappa shape index (κ2) is 21.5. The van der Waals surface area contributed by atoms with E-state index in [0.717, 1.165) is 0 Å². The summed E-state index contributed by atoms with van der Waals surface area (Å²) in [4.78, 5) is 81.3. The number of hydrogen-bond donors (Lipinski definition) is 10. The number of nitrogens with two attached hydrogens (primary N) is 4. The van der Waals surface area contributed by atoms with Crippen molar-refractivity contribution in [3.05, 3.63) is 65.7 Å². The van der Waals surface area contributed by atoms with Crippen LogP contribution in [0.15, 0.2) is 59.6 Å². The van der Waals surface area contributed by atoms with Gasteiger partial charge in [-0.1, -0.05) is 56.3 Å². The predicted octanol–water partition coefficient (Wildman–Crippen LogP) is -1.83. The maximum atomic E-state index is 13.7. The zero-order valence-electron chi connectivity index (χ0n) is 29.8. The van der Waals surface area contributed by atoms with Gasteiger partial charge >= 0.3 is 0 Å². The third kappa shape index (κ3) is 15.9. The van der Waals surface area contributed by atoms with E-state index in [1.807, 2.05) is 13.8 Å². The molecule has 2 aromatic rings. The highest BCUT2D eigenvalue weighted by Gasteiger charge is 2.30. The van der Waals surface area contributed by atoms with Crippen LogP contribution in [0.2, 0.25) is 0 Å². The monoisotopic (exact) mass is 724 g/mol. The minimum atomic E-state index is -1.16. The van der Waals surface area contributed by atoms with Gasteiger partial charge in [0.1, 0.15) is 29.9 Å². The Balaban J connectivity index is 2.06. The first-order valence-electron chi connectivity index (χ1n) is 17.0. The summed E-state index contributed by atoms with van der Waals surface area (Å²) >= 11 is 0. The number of aliphatic imine (C=N–C) groups is 1. The van der Waals surface area contributed by atoms with E-state index >= 15 is 0 Å². The number of rotatable bonds is 21. The van der Waals surface area contributed by atoms with Crippen molar-refractivity contribution in [1.29, 1.82) is 0 Å². The van der Waals surface area contributed by atoms with E-state index < -0.39 is 72.2 Å². The highest BCUT2D eigenvalue weighted by molar-refractivity contribution is 5.95. The van der Waals surface area contributed by atoms with Crippen molar-refractivity contribution < 1.29 is 33.9 Å². The van der Waals surface area contributed by atoms with E-state index in [1.54, 1.807) is 42.5 Å². The Morgan fingerprint density at radius 1 is 0.712 bits per heavy atom. The number of phenols is 1. The van der Waals surface area contributed by atoms with Crippen LogP contribution in [0.3, 0.4) is 0 Å². The highest BCUT2D eigenvalue weighted by Crippen LogP contribution is 2.12. The van der Waals surface area contributed by atoms with E-state index in [2.05, 4.69) is 31.6 Å². The standard InChI is InChI=1S/C35H52N10O7/c1-20(2)16-27(33(51)44-26(30(37)48)10-7-15-40-35(38)39)45-34(52)28(18-22-8-5-4-6-9-22)43-29(47)19-41-31(49)21(3)42-32(50)25(36)17-23-11-13-24(46)14-12-23/h4-6,8-9,11-14,20-21,25-28,46H,7,10,15-19,36H2,1-3H3,(H2,37,48)(H,41,49)(H,42,50)(H,43,47)(H,44,51)(H,45,52)(H4,38,39,40)/t21-,25+,26+,27+,28+/m1/s1. The normalized spacial score (nSPS) is 13.7. The molecule has 5 atom stereocenters. The summed E-state index contributed by atoms with van der Waals surface area (Å²) in [7, 11) is 0. The molecule has 0 unspecified atom stereocenters. The number of nitrogens with zero attached hydrogens (tertiary/aromatic N) is 1. The van der Waals surface area contributed by atoms with Gasteiger partial charge in [0.25, 0.3) is 0 Å². The van der Waals surface area contributed by atoms with Crippen LogP contribution in [0.5, 0.6) is 5.75 Å². The van der Waals surface area contributed by atoms with Gasteiger partial charge in [0.15, 0.2) is 5.96 Å². The van der Waals surface area contributed by atoms with Crippen LogP contribution in [0.1, 0.15) is 51.2 Å². The summed E-state index contributed by atoms with van der Waals surface area (Å²) < 4.78 is 0. The SMILES string of the molecule is CC(C)C[C@H](NC(=O)[C@H](Cc1ccccc1)NC(=O)CNC(=O)[C@@H](C)NC(=O)[C@@H](N)Cc1ccc(O)cc1)C(=O)N[C@@H](CCCN=C(N)N)C(N)=O. The Bertz CT molecular complexity index is 1530. The molecule has 14 N–H and O–H groups in total. The molecule has 17 heteroatoms. The van der Waals surface area contributed by atoms with E-state index in [0.29, 0.717) is 17.5 Å². The van der Waals surface area contributed by atoms with Crippen LogP contribution in [-0.4, -0.2) is 89.8 Å². The maximum Gasteiger partial charge on any atom is 0.243 e. The van der Waals surface area contributed by atoms with Gasteiger partial charge in [-0.25, -0.2) is 0 Å². The van der Waals surface area contributed by atoms with Gasteiger partial charge in [0, 0.05) is 13.0 Å². The van der Waals surface area contributed by atoms with Crippen LogP contribution >= 0.6 is 0 Å². The molecule has 0 radical (unpaired) electrons. The van der Waals surface area contributed by atoms with E-state index in [-0.39, 0.29) is 49.9 Å². The molecule has 17 nitrogen and oxygen atoms in total. The Hall–Kier alpha value is -5.71. The van der Waals surface area contributed by atoms with Crippen molar-refractivity contribution in [1.82, 2.24) is 26.6 Å². The molecule has 0 aromatic heterocycles. The molecule has 0 spiro atoms. The molecular weight excluding hydrogens is 672 g/mol. The predicted molar refractivity (Wildman–Crippen MR) is 195 cm³/mol. The van der Waals surface area contributed by atoms with Crippen molar-refractivity contribution in [3.63, 3.8) is 0 Å². The summed E-state index contributed by atoms with van der Waals surface area (Å²) in [6.07, 6.45) is 0.950. The fourth-order valence-corrected chi connectivity index (χ4v) is 5.03. The minimum Gasteiger partial charge on any atom is -0.508 e. The number of carbonyl (C=O) groups is 6. The summed E-state index contributed by atoms with van der Waals surface area (Å²) in [5.41, 5.74) is 23.6. The van der Waals surface area contributed by atoms with Gasteiger partial charge in [-0.15, -0.1) is 0 Å². The number of carbonyl (C=O) groups excluding carboxylic acids is 6. The van der Waals surface area contributed by atoms with Gasteiger partial charge < -0.3 is 54.6 Å². The number of amides is 6. The summed E-state index contributed by atoms with van der Waals surface area (Å²) in [5.74, 6) is -4.12. The number of phenolic OH excluding ortho intramolecular Hbond substituents is 1. The summed E-state index contributed by atoms with van der Waals surface area (Å²) in [6.45, 7) is 4.83. The van der Waals surface area contributed by atoms with Gasteiger partial charge in [-0.2, -0.15) is 0 Å². The second-order valence-electron chi connectivity index (χ2n) is 12.8. The van der Waals surface area contributed by atoms with Crippen LogP contribution in [0, 0.1) is 5.92 Å². The first-order chi connectivity index (χ1) is 24.5. The van der Waals surface area contributed by atoms with Crippen molar-refractivity contribution in [2.75, 3.05) is 13.1 Å². The van der Waals surface area contributed by atoms with E-state index in [4.69, 9.17) is 22.9 Å². The van der Waals surface area contributed by atoms with Gasteiger partial charge in [0.2, 0.25) is 35.4 Å². The van der Waals surface area contributed by atoms with Crippen molar-refractivity contribution in [3.8, 4) is 5.75 Å². The Labute approximate surface area is 303 Å². The summed E-state index contributed by atoms with van der Waals surface area (Å²) in [6, 6.07) is 9.77. The van der Waals surface area contributed by atoms with Gasteiger partial charge in [-0.3, -0.25) is 33.8 Å². The molecule has 2 rings (SSSR count). The van der Waals surface area contributed by atoms with Crippen LogP contribution < -0.4 is 49.5 Å². The third-order valence-corrected chi connectivity index (χ3v) is 7.78. The molecule has 2 aromatic carbocycles. The quantitative estimate of drug-likeness (QED) is 0.0390. The van der Waals surface area contributed by atoms with Crippen molar-refractivity contribution >= 4 is 41.4 Å². The molecule has 0 bridgehead atoms. The highest BCUT2D eigenvalue weighted by atomic mass is 16.3. The smallest absolute Gasteiger partial charge is 0.243 e. The second-order valence-corrected chi connectivity index (χ2v) is 12.8. The fourth-order valence-electron chi connectivity index (χ4n) is 5.03. The van der Waals surface area contributed by atoms with Crippen LogP contribution in [-0.2, 0) is 41.6 Å². The van der Waals surface area contributed by atoms with Crippen molar-refractivity contribution in [2.24, 2.45) is 33.8 Å². The van der Waals surface area contributed by atoms with Crippen LogP contribution in [0.4, 0.5) is 0 Å². The van der Waals surface area contributed by atoms with Gasteiger partial charge in [0.05, 0.1) is 12.6 Å². The molecule has 284 valence electrons.